The number of hydrogen-bond acceptors (Lipinski definition) is 4. The third-order valence-electron chi connectivity index (χ3n) is 4.30. The molecule has 0 bridgehead atoms. The zero-order chi connectivity index (χ0) is 22.7. The summed E-state index contributed by atoms with van der Waals surface area (Å²) in [6.07, 6.45) is -4.79. The Balaban J connectivity index is 1.74. The number of para-hydroxylation sites is 1. The molecule has 0 spiro atoms. The number of ether oxygens (including phenoxy) is 1. The number of hydrogen-bond donors (Lipinski definition) is 1. The summed E-state index contributed by atoms with van der Waals surface area (Å²) in [6, 6.07) is 20.2. The molecule has 4 aromatic rings. The van der Waals surface area contributed by atoms with E-state index in [1.807, 2.05) is 0 Å². The molecule has 3 aromatic carbocycles. The van der Waals surface area contributed by atoms with E-state index in [4.69, 9.17) is 16.0 Å². The number of nitrogens with one attached hydrogen (secondary N) is 1. The van der Waals surface area contributed by atoms with Crippen LogP contribution in [0.25, 0.3) is 11.0 Å². The van der Waals surface area contributed by atoms with E-state index < -0.39 is 12.3 Å². The summed E-state index contributed by atoms with van der Waals surface area (Å²) in [5.74, 6) is -0.856. The molecule has 1 amide bonds. The molecule has 162 valence electrons. The van der Waals surface area contributed by atoms with Gasteiger partial charge in [0.2, 0.25) is 5.55 Å². The molecule has 0 aliphatic carbocycles. The maximum atomic E-state index is 13.0. The van der Waals surface area contributed by atoms with Gasteiger partial charge in [-0.05, 0) is 60.7 Å². The van der Waals surface area contributed by atoms with Crippen molar-refractivity contribution in [3.05, 3.63) is 95.0 Å². The van der Waals surface area contributed by atoms with Gasteiger partial charge in [-0.25, -0.2) is 4.99 Å². The van der Waals surface area contributed by atoms with Crippen LogP contribution in [0.15, 0.2) is 88.3 Å². The summed E-state index contributed by atoms with van der Waals surface area (Å²) in [6.45, 7) is 0. The van der Waals surface area contributed by atoms with Gasteiger partial charge < -0.3 is 14.5 Å². The molecule has 1 heterocycles. The van der Waals surface area contributed by atoms with Crippen molar-refractivity contribution in [3.63, 3.8) is 0 Å². The fourth-order valence-corrected chi connectivity index (χ4v) is 3.01. The van der Waals surface area contributed by atoms with Gasteiger partial charge in [-0.2, -0.15) is 0 Å². The Kier molecular flexibility index (Phi) is 5.87. The van der Waals surface area contributed by atoms with Crippen LogP contribution in [0.4, 0.5) is 24.5 Å². The van der Waals surface area contributed by atoms with E-state index in [-0.39, 0.29) is 22.6 Å². The van der Waals surface area contributed by atoms with Crippen LogP contribution in [-0.4, -0.2) is 12.3 Å². The second-order valence-corrected chi connectivity index (χ2v) is 7.05. The SMILES string of the molecule is O=C(Nc1ccc(Cl)cc1)c1cc2ccccc2oc1=Nc1ccc(OC(F)(F)F)cc1. The molecule has 1 N–H and O–H groups in total. The third-order valence-corrected chi connectivity index (χ3v) is 4.56. The summed E-state index contributed by atoms with van der Waals surface area (Å²) < 4.78 is 46.8. The van der Waals surface area contributed by atoms with Crippen LogP contribution in [0.5, 0.6) is 5.75 Å². The zero-order valence-electron chi connectivity index (χ0n) is 16.2. The third kappa shape index (κ3) is 5.28. The topological polar surface area (TPSA) is 63.8 Å². The van der Waals surface area contributed by atoms with Gasteiger partial charge in [0.25, 0.3) is 5.91 Å². The normalized spacial score (nSPS) is 12.1. The van der Waals surface area contributed by atoms with E-state index in [1.165, 1.54) is 12.1 Å². The average Bonchev–Trinajstić information content (AvgIpc) is 2.75. The predicted octanol–water partition coefficient (Wildman–Crippen LogP) is 6.47. The van der Waals surface area contributed by atoms with Gasteiger partial charge in [0, 0.05) is 16.1 Å². The highest BCUT2D eigenvalue weighted by atomic mass is 35.5. The number of nitrogens with zero attached hydrogens (tertiary/aromatic N) is 1. The first-order valence-electron chi connectivity index (χ1n) is 9.27. The predicted molar refractivity (Wildman–Crippen MR) is 114 cm³/mol. The standard InChI is InChI=1S/C23H14ClF3N2O3/c24-15-5-7-16(8-6-15)28-21(30)19-13-14-3-1-2-4-20(14)31-22(19)29-17-9-11-18(12-10-17)32-23(25,26)27/h1-13H,(H,28,30). The number of alkyl halides is 3. The summed E-state index contributed by atoms with van der Waals surface area (Å²) in [5, 5.41) is 3.96. The van der Waals surface area contributed by atoms with E-state index in [9.17, 15) is 18.0 Å². The number of halogens is 4. The lowest BCUT2D eigenvalue weighted by Crippen LogP contribution is -2.21. The quantitative estimate of drug-likeness (QED) is 0.381. The van der Waals surface area contributed by atoms with E-state index in [2.05, 4.69) is 15.0 Å². The molecule has 5 nitrogen and oxygen atoms in total. The maximum Gasteiger partial charge on any atom is 0.573 e. The fourth-order valence-electron chi connectivity index (χ4n) is 2.89. The minimum Gasteiger partial charge on any atom is -0.438 e. The number of carbonyl (C=O) groups is 1. The molecule has 0 fully saturated rings. The van der Waals surface area contributed by atoms with Crippen molar-refractivity contribution in [2.75, 3.05) is 5.32 Å². The monoisotopic (exact) mass is 458 g/mol. The molecular weight excluding hydrogens is 445 g/mol. The first-order chi connectivity index (χ1) is 15.3. The summed E-state index contributed by atoms with van der Waals surface area (Å²) in [7, 11) is 0. The zero-order valence-corrected chi connectivity index (χ0v) is 16.9. The number of carbonyl (C=O) groups excluding carboxylic acids is 1. The highest BCUT2D eigenvalue weighted by Gasteiger charge is 2.30. The number of rotatable bonds is 4. The van der Waals surface area contributed by atoms with E-state index in [0.717, 1.165) is 12.1 Å². The lowest BCUT2D eigenvalue weighted by Gasteiger charge is -2.09. The van der Waals surface area contributed by atoms with Crippen LogP contribution >= 0.6 is 11.6 Å². The smallest absolute Gasteiger partial charge is 0.438 e. The van der Waals surface area contributed by atoms with Crippen LogP contribution in [0.3, 0.4) is 0 Å². The first kappa shape index (κ1) is 21.5. The Morgan fingerprint density at radius 3 is 2.34 bits per heavy atom. The van der Waals surface area contributed by atoms with Gasteiger partial charge in [0.05, 0.1) is 5.69 Å². The van der Waals surface area contributed by atoms with Crippen molar-refractivity contribution < 1.29 is 27.1 Å². The average molecular weight is 459 g/mol. The molecule has 1 aromatic heterocycles. The summed E-state index contributed by atoms with van der Waals surface area (Å²) in [4.78, 5) is 17.3. The Labute approximate surface area is 184 Å². The molecule has 0 saturated heterocycles. The molecule has 0 aliphatic rings. The molecule has 0 saturated carbocycles. The largest absolute Gasteiger partial charge is 0.573 e. The van der Waals surface area contributed by atoms with Crippen LogP contribution in [0, 0.1) is 0 Å². The lowest BCUT2D eigenvalue weighted by molar-refractivity contribution is -0.274. The highest BCUT2D eigenvalue weighted by molar-refractivity contribution is 6.30. The first-order valence-corrected chi connectivity index (χ1v) is 9.65. The van der Waals surface area contributed by atoms with Crippen molar-refractivity contribution in [1.29, 1.82) is 0 Å². The van der Waals surface area contributed by atoms with Crippen molar-refractivity contribution in [2.45, 2.75) is 6.36 Å². The molecule has 0 aliphatic heterocycles. The molecule has 0 radical (unpaired) electrons. The van der Waals surface area contributed by atoms with Crippen molar-refractivity contribution in [1.82, 2.24) is 0 Å². The van der Waals surface area contributed by atoms with Gasteiger partial charge in [-0.1, -0.05) is 29.8 Å². The Hall–Kier alpha value is -3.78. The Bertz CT molecular complexity index is 1330. The molecule has 4 rings (SSSR count). The van der Waals surface area contributed by atoms with Gasteiger partial charge in [0.15, 0.2) is 0 Å². The second kappa shape index (κ2) is 8.76. The summed E-state index contributed by atoms with van der Waals surface area (Å²) >= 11 is 5.88. The number of anilines is 1. The second-order valence-electron chi connectivity index (χ2n) is 6.62. The maximum absolute atomic E-state index is 13.0. The Morgan fingerprint density at radius 2 is 1.66 bits per heavy atom. The number of fused-ring (bicyclic) bond motifs is 1. The molecule has 0 atom stereocenters. The van der Waals surface area contributed by atoms with Gasteiger partial charge in [-0.15, -0.1) is 13.2 Å². The van der Waals surface area contributed by atoms with E-state index in [0.29, 0.717) is 21.7 Å². The lowest BCUT2D eigenvalue weighted by atomic mass is 10.1. The Morgan fingerprint density at radius 1 is 0.969 bits per heavy atom. The molecule has 9 heteroatoms. The number of benzene rings is 3. The van der Waals surface area contributed by atoms with E-state index >= 15 is 0 Å². The fraction of sp³-hybridized carbons (Fsp3) is 0.0435. The van der Waals surface area contributed by atoms with E-state index in [1.54, 1.807) is 54.6 Å². The van der Waals surface area contributed by atoms with Crippen molar-refractivity contribution in [2.24, 2.45) is 4.99 Å². The van der Waals surface area contributed by atoms with Gasteiger partial charge in [-0.3, -0.25) is 4.79 Å². The summed E-state index contributed by atoms with van der Waals surface area (Å²) in [5.41, 5.74) is 1.44. The van der Waals surface area contributed by atoms with Crippen molar-refractivity contribution in [3.8, 4) is 5.75 Å². The molecule has 0 unspecified atom stereocenters. The van der Waals surface area contributed by atoms with Crippen LogP contribution in [0.1, 0.15) is 10.4 Å². The number of amides is 1. The molecule has 32 heavy (non-hydrogen) atoms. The van der Waals surface area contributed by atoms with Crippen molar-refractivity contribution >= 4 is 39.9 Å². The minimum atomic E-state index is -4.79. The van der Waals surface area contributed by atoms with Crippen LogP contribution in [-0.2, 0) is 0 Å². The minimum absolute atomic E-state index is 0.000321. The van der Waals surface area contributed by atoms with Crippen LogP contribution in [0.2, 0.25) is 5.02 Å². The van der Waals surface area contributed by atoms with Crippen LogP contribution < -0.4 is 15.6 Å². The highest BCUT2D eigenvalue weighted by Crippen LogP contribution is 2.25. The van der Waals surface area contributed by atoms with Gasteiger partial charge in [0.1, 0.15) is 16.9 Å². The molecular formula is C23H14ClF3N2O3. The van der Waals surface area contributed by atoms with Gasteiger partial charge >= 0.3 is 6.36 Å².